The third-order valence-corrected chi connectivity index (χ3v) is 5.55. The molecule has 1 aliphatic heterocycles. The van der Waals surface area contributed by atoms with Gasteiger partial charge in [-0.3, -0.25) is 14.9 Å². The highest BCUT2D eigenvalue weighted by atomic mass is 35.5. The van der Waals surface area contributed by atoms with Gasteiger partial charge in [-0.05, 0) is 36.4 Å². The summed E-state index contributed by atoms with van der Waals surface area (Å²) in [5.74, 6) is 1.01. The van der Waals surface area contributed by atoms with Crippen LogP contribution in [0, 0.1) is 10.1 Å². The Morgan fingerprint density at radius 3 is 2.47 bits per heavy atom. The van der Waals surface area contributed by atoms with Crippen LogP contribution in [0.2, 0.25) is 5.02 Å². The lowest BCUT2D eigenvalue weighted by Crippen LogP contribution is -2.49. The van der Waals surface area contributed by atoms with Crippen LogP contribution in [0.5, 0.6) is 5.75 Å². The van der Waals surface area contributed by atoms with Gasteiger partial charge in [-0.2, -0.15) is 0 Å². The minimum Gasteiger partial charge on any atom is -0.496 e. The minimum atomic E-state index is -0.571. The maximum atomic E-state index is 12.9. The number of carbonyl (C=O) groups excluding carboxylic acids is 1. The van der Waals surface area contributed by atoms with Crippen LogP contribution in [0.4, 0.5) is 11.5 Å². The first-order valence-corrected chi connectivity index (χ1v) is 10.3. The van der Waals surface area contributed by atoms with E-state index < -0.39 is 10.8 Å². The lowest BCUT2D eigenvalue weighted by atomic mass is 10.1. The molecule has 1 aliphatic rings. The Hall–Kier alpha value is -3.72. The number of nitro benzene ring substituents is 1. The lowest BCUT2D eigenvalue weighted by molar-refractivity contribution is -0.385. The van der Waals surface area contributed by atoms with Crippen molar-refractivity contribution in [1.29, 1.82) is 0 Å². The SMILES string of the molecule is COc1ccccc1-c1ccc(N2CCN(C(=O)c3cc(Cl)ccc3[N+](=O)[O-])CC2)nn1. The maximum absolute atomic E-state index is 12.9. The van der Waals surface area contributed by atoms with Crippen LogP contribution < -0.4 is 9.64 Å². The molecule has 164 valence electrons. The number of methoxy groups -OCH3 is 1. The van der Waals surface area contributed by atoms with Gasteiger partial charge in [0.1, 0.15) is 11.3 Å². The molecule has 10 heteroatoms. The highest BCUT2D eigenvalue weighted by molar-refractivity contribution is 6.31. The van der Waals surface area contributed by atoms with Crippen LogP contribution in [0.3, 0.4) is 0 Å². The molecule has 0 N–H and O–H groups in total. The van der Waals surface area contributed by atoms with E-state index in [4.69, 9.17) is 16.3 Å². The number of para-hydroxylation sites is 1. The number of nitro groups is 1. The van der Waals surface area contributed by atoms with E-state index in [0.717, 1.165) is 11.3 Å². The van der Waals surface area contributed by atoms with Gasteiger partial charge in [-0.25, -0.2) is 0 Å². The number of amides is 1. The number of aromatic nitrogens is 2. The zero-order chi connectivity index (χ0) is 22.7. The van der Waals surface area contributed by atoms with Gasteiger partial charge in [-0.1, -0.05) is 23.7 Å². The Bertz CT molecular complexity index is 1150. The Balaban J connectivity index is 1.45. The fraction of sp³-hybridized carbons (Fsp3) is 0.227. The number of rotatable bonds is 5. The first kappa shape index (κ1) is 21.5. The summed E-state index contributed by atoms with van der Waals surface area (Å²) in [6, 6.07) is 15.4. The van der Waals surface area contributed by atoms with E-state index in [1.807, 2.05) is 41.3 Å². The quantitative estimate of drug-likeness (QED) is 0.429. The molecule has 1 amide bonds. The lowest BCUT2D eigenvalue weighted by Gasteiger charge is -2.35. The largest absolute Gasteiger partial charge is 0.496 e. The number of anilines is 1. The third kappa shape index (κ3) is 4.33. The maximum Gasteiger partial charge on any atom is 0.282 e. The molecular formula is C22H20ClN5O4. The van der Waals surface area contributed by atoms with E-state index in [1.165, 1.54) is 18.2 Å². The van der Waals surface area contributed by atoms with Gasteiger partial charge < -0.3 is 14.5 Å². The van der Waals surface area contributed by atoms with Crippen LogP contribution in [-0.2, 0) is 0 Å². The molecule has 0 bridgehead atoms. The number of benzene rings is 2. The fourth-order valence-corrected chi connectivity index (χ4v) is 3.81. The normalized spacial score (nSPS) is 13.7. The standard InChI is InChI=1S/C22H20ClN5O4/c1-32-20-5-3-2-4-16(20)18-7-9-21(25-24-18)26-10-12-27(13-11-26)22(29)17-14-15(23)6-8-19(17)28(30)31/h2-9,14H,10-13H2,1H3. The van der Waals surface area contributed by atoms with Crippen LogP contribution >= 0.6 is 11.6 Å². The third-order valence-electron chi connectivity index (χ3n) is 5.31. The summed E-state index contributed by atoms with van der Waals surface area (Å²) in [4.78, 5) is 27.2. The molecule has 0 atom stereocenters. The first-order valence-electron chi connectivity index (χ1n) is 9.93. The zero-order valence-electron chi connectivity index (χ0n) is 17.3. The summed E-state index contributed by atoms with van der Waals surface area (Å²) in [5, 5.41) is 20.2. The van der Waals surface area contributed by atoms with Crippen molar-refractivity contribution in [1.82, 2.24) is 15.1 Å². The highest BCUT2D eigenvalue weighted by Gasteiger charge is 2.28. The van der Waals surface area contributed by atoms with E-state index in [0.29, 0.717) is 37.7 Å². The molecule has 0 spiro atoms. The molecular weight excluding hydrogens is 434 g/mol. The second-order valence-electron chi connectivity index (χ2n) is 7.17. The van der Waals surface area contributed by atoms with Gasteiger partial charge in [0.15, 0.2) is 5.82 Å². The monoisotopic (exact) mass is 453 g/mol. The number of halogens is 1. The van der Waals surface area contributed by atoms with E-state index in [-0.39, 0.29) is 16.3 Å². The van der Waals surface area contributed by atoms with Crippen LogP contribution in [0.25, 0.3) is 11.3 Å². The van der Waals surface area contributed by atoms with Crippen molar-refractivity contribution in [2.45, 2.75) is 0 Å². The van der Waals surface area contributed by atoms with Crippen molar-refractivity contribution in [2.75, 3.05) is 38.2 Å². The Labute approximate surface area is 189 Å². The molecule has 0 radical (unpaired) electrons. The van der Waals surface area contributed by atoms with Crippen molar-refractivity contribution in [3.8, 4) is 17.0 Å². The predicted molar refractivity (Wildman–Crippen MR) is 120 cm³/mol. The number of carbonyl (C=O) groups is 1. The molecule has 2 heterocycles. The van der Waals surface area contributed by atoms with Gasteiger partial charge in [0, 0.05) is 42.8 Å². The molecule has 1 fully saturated rings. The number of ether oxygens (including phenoxy) is 1. The van der Waals surface area contributed by atoms with Crippen molar-refractivity contribution < 1.29 is 14.5 Å². The fourth-order valence-electron chi connectivity index (χ4n) is 3.64. The molecule has 0 aliphatic carbocycles. The van der Waals surface area contributed by atoms with Gasteiger partial charge in [0.2, 0.25) is 0 Å². The number of nitrogens with zero attached hydrogens (tertiary/aromatic N) is 5. The Morgan fingerprint density at radius 1 is 1.06 bits per heavy atom. The summed E-state index contributed by atoms with van der Waals surface area (Å²) >= 11 is 5.96. The van der Waals surface area contributed by atoms with E-state index >= 15 is 0 Å². The summed E-state index contributed by atoms with van der Waals surface area (Å²) in [6.07, 6.45) is 0. The first-order chi connectivity index (χ1) is 15.5. The molecule has 1 saturated heterocycles. The highest BCUT2D eigenvalue weighted by Crippen LogP contribution is 2.29. The molecule has 9 nitrogen and oxygen atoms in total. The zero-order valence-corrected chi connectivity index (χ0v) is 18.0. The van der Waals surface area contributed by atoms with Gasteiger partial charge in [0.05, 0.1) is 17.7 Å². The van der Waals surface area contributed by atoms with Crippen molar-refractivity contribution in [2.24, 2.45) is 0 Å². The van der Waals surface area contributed by atoms with Crippen LogP contribution in [0.15, 0.2) is 54.6 Å². The topological polar surface area (TPSA) is 102 Å². The van der Waals surface area contributed by atoms with Crippen LogP contribution in [0.1, 0.15) is 10.4 Å². The summed E-state index contributed by atoms with van der Waals surface area (Å²) in [6.45, 7) is 1.86. The molecule has 1 aromatic heterocycles. The Kier molecular flexibility index (Phi) is 6.18. The molecule has 0 unspecified atom stereocenters. The molecule has 0 saturated carbocycles. The van der Waals surface area contributed by atoms with Gasteiger partial charge >= 0.3 is 0 Å². The summed E-state index contributed by atoms with van der Waals surface area (Å²) < 4.78 is 5.38. The van der Waals surface area contributed by atoms with E-state index in [2.05, 4.69) is 10.2 Å². The minimum absolute atomic E-state index is 0.00287. The molecule has 2 aromatic carbocycles. The number of hydrogen-bond donors (Lipinski definition) is 0. The summed E-state index contributed by atoms with van der Waals surface area (Å²) in [7, 11) is 1.61. The van der Waals surface area contributed by atoms with Gasteiger partial charge in [-0.15, -0.1) is 10.2 Å². The average molecular weight is 454 g/mol. The van der Waals surface area contributed by atoms with E-state index in [1.54, 1.807) is 12.0 Å². The number of piperazine rings is 1. The molecule has 4 rings (SSSR count). The summed E-state index contributed by atoms with van der Waals surface area (Å²) in [5.41, 5.74) is 1.30. The molecule has 32 heavy (non-hydrogen) atoms. The second kappa shape index (κ2) is 9.19. The number of hydrogen-bond acceptors (Lipinski definition) is 7. The average Bonchev–Trinajstić information content (AvgIpc) is 2.83. The van der Waals surface area contributed by atoms with Crippen LogP contribution in [-0.4, -0.2) is 59.2 Å². The second-order valence-corrected chi connectivity index (χ2v) is 7.61. The smallest absolute Gasteiger partial charge is 0.282 e. The van der Waals surface area contributed by atoms with Crippen molar-refractivity contribution in [3.63, 3.8) is 0 Å². The van der Waals surface area contributed by atoms with Gasteiger partial charge in [0.25, 0.3) is 11.6 Å². The van der Waals surface area contributed by atoms with Crippen molar-refractivity contribution >= 4 is 29.0 Å². The predicted octanol–water partition coefficient (Wildman–Crippen LogP) is 3.68. The van der Waals surface area contributed by atoms with E-state index in [9.17, 15) is 14.9 Å². The Morgan fingerprint density at radius 2 is 1.81 bits per heavy atom. The van der Waals surface area contributed by atoms with Crippen molar-refractivity contribution in [3.05, 3.63) is 75.3 Å². The molecule has 3 aromatic rings.